The molecular weight excluding hydrogens is 1120 g/mol. The van der Waals surface area contributed by atoms with E-state index in [2.05, 4.69) is 5.32 Å². The molecule has 23 N–H and O–H groups in total. The van der Waals surface area contributed by atoms with Crippen LogP contribution in [0.1, 0.15) is 6.92 Å². The Morgan fingerprint density at radius 3 is 1.09 bits per heavy atom. The Hall–Kier alpha value is -1.93. The van der Waals surface area contributed by atoms with E-state index in [9.17, 15) is 117 Å². The third-order valence-electron chi connectivity index (χ3n) is 14.9. The molecule has 7 saturated heterocycles. The fourth-order valence-corrected chi connectivity index (χ4v) is 10.3. The fraction of sp³-hybridized carbons (Fsp3) is 0.977. The quantitative estimate of drug-likeness (QED) is 0.0538. The zero-order valence-electron chi connectivity index (χ0n) is 42.7. The maximum absolute atomic E-state index is 12.1. The second-order valence-electron chi connectivity index (χ2n) is 20.3. The monoisotopic (exact) mass is 1190 g/mol. The summed E-state index contributed by atoms with van der Waals surface area (Å²) in [5, 5.41) is 239. The normalized spacial score (nSPS) is 51.9. The molecule has 37 heteroatoms. The maximum Gasteiger partial charge on any atom is 0.217 e. The molecule has 0 aromatic rings. The highest BCUT2D eigenvalue weighted by molar-refractivity contribution is 5.73. The largest absolute Gasteiger partial charge is 0.394 e. The summed E-state index contributed by atoms with van der Waals surface area (Å²) in [6.45, 7) is -6.06. The van der Waals surface area contributed by atoms with Crippen LogP contribution >= 0.6 is 0 Å². The van der Waals surface area contributed by atoms with Crippen molar-refractivity contribution in [2.75, 3.05) is 46.2 Å². The van der Waals surface area contributed by atoms with Gasteiger partial charge in [-0.2, -0.15) is 0 Å². The minimum Gasteiger partial charge on any atom is -0.394 e. The fourth-order valence-electron chi connectivity index (χ4n) is 10.3. The van der Waals surface area contributed by atoms with Crippen molar-refractivity contribution in [3.05, 3.63) is 0 Å². The first kappa shape index (κ1) is 66.6. The molecule has 472 valence electrons. The lowest BCUT2D eigenvalue weighted by Crippen LogP contribution is -2.69. The summed E-state index contributed by atoms with van der Waals surface area (Å²) in [4.78, 5) is 12.1. The van der Waals surface area contributed by atoms with Gasteiger partial charge in [0.05, 0.1) is 46.2 Å². The van der Waals surface area contributed by atoms with Crippen molar-refractivity contribution in [1.29, 1.82) is 0 Å². The number of carbonyl (C=O) groups excluding carboxylic acids is 1. The van der Waals surface area contributed by atoms with E-state index >= 15 is 0 Å². The summed E-state index contributed by atoms with van der Waals surface area (Å²) in [5.41, 5.74) is 0. The van der Waals surface area contributed by atoms with Crippen LogP contribution < -0.4 is 5.32 Å². The number of nitrogens with one attached hydrogen (secondary N) is 1. The van der Waals surface area contributed by atoms with Crippen LogP contribution in [0.2, 0.25) is 0 Å². The molecule has 7 fully saturated rings. The van der Waals surface area contributed by atoms with Crippen molar-refractivity contribution in [2.45, 2.75) is 222 Å². The van der Waals surface area contributed by atoms with Gasteiger partial charge < -0.3 is 179 Å². The van der Waals surface area contributed by atoms with Crippen molar-refractivity contribution in [2.24, 2.45) is 0 Å². The Kier molecular flexibility index (Phi) is 23.6. The molecule has 0 spiro atoms. The topological polar surface area (TPSA) is 594 Å². The van der Waals surface area contributed by atoms with E-state index in [0.717, 1.165) is 6.92 Å². The van der Waals surface area contributed by atoms with Gasteiger partial charge in [-0.3, -0.25) is 4.79 Å². The molecule has 0 radical (unpaired) electrons. The highest BCUT2D eigenvalue weighted by atomic mass is 16.8. The second kappa shape index (κ2) is 28.7. The molecule has 35 atom stereocenters. The predicted molar refractivity (Wildman–Crippen MR) is 243 cm³/mol. The molecular formula is C44H75NO36. The van der Waals surface area contributed by atoms with Gasteiger partial charge >= 0.3 is 0 Å². The average Bonchev–Trinajstić information content (AvgIpc) is 3.64. The molecule has 0 unspecified atom stereocenters. The van der Waals surface area contributed by atoms with Gasteiger partial charge in [-0.25, -0.2) is 0 Å². The summed E-state index contributed by atoms with van der Waals surface area (Å²) >= 11 is 0. The van der Waals surface area contributed by atoms with E-state index < -0.39 is 267 Å². The third kappa shape index (κ3) is 14.1. The lowest BCUT2D eigenvalue weighted by molar-refractivity contribution is -0.407. The second-order valence-corrected chi connectivity index (χ2v) is 20.3. The molecule has 7 heterocycles. The first-order valence-corrected chi connectivity index (χ1v) is 25.6. The lowest BCUT2D eigenvalue weighted by atomic mass is 9.94. The summed E-state index contributed by atoms with van der Waals surface area (Å²) < 4.78 is 74.2. The van der Waals surface area contributed by atoms with Gasteiger partial charge in [-0.1, -0.05) is 0 Å². The van der Waals surface area contributed by atoms with Crippen molar-refractivity contribution < 1.29 is 179 Å². The zero-order chi connectivity index (χ0) is 59.6. The lowest BCUT2D eigenvalue weighted by Gasteiger charge is -2.50. The minimum atomic E-state index is -2.39. The van der Waals surface area contributed by atoms with Crippen molar-refractivity contribution in [3.8, 4) is 0 Å². The molecule has 0 saturated carbocycles. The van der Waals surface area contributed by atoms with Crippen LogP contribution in [0.5, 0.6) is 0 Å². The van der Waals surface area contributed by atoms with Crippen LogP contribution in [0.25, 0.3) is 0 Å². The number of ether oxygens (including phenoxy) is 13. The Bertz CT molecular complexity index is 1940. The highest BCUT2D eigenvalue weighted by Gasteiger charge is 2.59. The van der Waals surface area contributed by atoms with Gasteiger partial charge in [-0.15, -0.1) is 0 Å². The first-order chi connectivity index (χ1) is 38.3. The summed E-state index contributed by atoms with van der Waals surface area (Å²) in [5.74, 6) is -0.796. The van der Waals surface area contributed by atoms with E-state index in [4.69, 9.17) is 61.6 Å². The minimum absolute atomic E-state index is 0.796. The standard InChI is InChI=1S/C44H75NO36/c1-9(52)45-17-24(59)33(15(7-51)70-38(17)68)77-42-32(67)35(23(58)16(76-42)8-69-39-31(66)34(22(57)14(6-50)71-39)78-40-29(64)25(60)18(53)10(2-46)72-40)79-43-37(28(63)21(56)12(4-48)74-43)81-44-36(27(62)20(55)13(5-49)75-44)80-41-30(65)26(61)19(54)11(3-47)73-41/h10-44,46-51,53-68H,2-8H2,1H3,(H,45,52)/t10-,11+,12+,13+,14-,15+,16-,17+,18-,19+,20+,21+,22-,23-,24+,25+,26-,27-,28-,29+,30-,31+,32+,33+,34+,35+,36-,37-,38+,39+,40-,41+,42+,43+,44+/m1/s1. The third-order valence-corrected chi connectivity index (χ3v) is 14.9. The van der Waals surface area contributed by atoms with Crippen molar-refractivity contribution >= 4 is 5.91 Å². The number of rotatable bonds is 20. The number of aliphatic hydroxyl groups is 22. The van der Waals surface area contributed by atoms with Crippen LogP contribution in [0.15, 0.2) is 0 Å². The number of hydrogen-bond acceptors (Lipinski definition) is 36. The van der Waals surface area contributed by atoms with E-state index in [-0.39, 0.29) is 0 Å². The van der Waals surface area contributed by atoms with Gasteiger partial charge in [0.2, 0.25) is 5.91 Å². The summed E-state index contributed by atoms with van der Waals surface area (Å²) in [6.07, 6.45) is -68.8. The number of hydrogen-bond donors (Lipinski definition) is 23. The predicted octanol–water partition coefficient (Wildman–Crippen LogP) is -16.1. The van der Waals surface area contributed by atoms with Crippen LogP contribution in [0.4, 0.5) is 0 Å². The molecule has 81 heavy (non-hydrogen) atoms. The van der Waals surface area contributed by atoms with Crippen molar-refractivity contribution in [3.63, 3.8) is 0 Å². The summed E-state index contributed by atoms with van der Waals surface area (Å²) in [6, 6.07) is -1.68. The van der Waals surface area contributed by atoms with E-state index in [1.54, 1.807) is 0 Å². The van der Waals surface area contributed by atoms with Gasteiger partial charge in [-0.05, 0) is 0 Å². The highest BCUT2D eigenvalue weighted by Crippen LogP contribution is 2.38. The molecule has 0 aliphatic carbocycles. The summed E-state index contributed by atoms with van der Waals surface area (Å²) in [7, 11) is 0. The number of carbonyl (C=O) groups is 1. The Labute approximate surface area is 457 Å². The molecule has 7 aliphatic rings. The molecule has 1 amide bonds. The van der Waals surface area contributed by atoms with Crippen LogP contribution in [0, 0.1) is 0 Å². The van der Waals surface area contributed by atoms with Crippen molar-refractivity contribution in [1.82, 2.24) is 5.32 Å². The number of aliphatic hydroxyl groups excluding tert-OH is 22. The van der Waals surface area contributed by atoms with Crippen LogP contribution in [-0.2, 0) is 66.4 Å². The van der Waals surface area contributed by atoms with E-state index in [1.807, 2.05) is 0 Å². The van der Waals surface area contributed by atoms with Gasteiger partial charge in [0.25, 0.3) is 0 Å². The first-order valence-electron chi connectivity index (χ1n) is 25.6. The number of amides is 1. The molecule has 0 aromatic carbocycles. The van der Waals surface area contributed by atoms with Gasteiger partial charge in [0.15, 0.2) is 44.0 Å². The Morgan fingerprint density at radius 2 is 0.642 bits per heavy atom. The zero-order valence-corrected chi connectivity index (χ0v) is 42.7. The molecule has 37 nitrogen and oxygen atoms in total. The van der Waals surface area contributed by atoms with Crippen LogP contribution in [0.3, 0.4) is 0 Å². The van der Waals surface area contributed by atoms with Crippen LogP contribution in [-0.4, -0.2) is 379 Å². The molecule has 0 bridgehead atoms. The van der Waals surface area contributed by atoms with E-state index in [1.165, 1.54) is 0 Å². The maximum atomic E-state index is 12.1. The average molecular weight is 1190 g/mol. The Balaban J connectivity index is 1.19. The van der Waals surface area contributed by atoms with E-state index in [0.29, 0.717) is 0 Å². The Morgan fingerprint density at radius 1 is 0.321 bits per heavy atom. The van der Waals surface area contributed by atoms with Gasteiger partial charge in [0.1, 0.15) is 171 Å². The SMILES string of the molecule is CC(=O)N[C@H]1[C@H](O)[C@@H](O[C@@H]2O[C@H](CO[C@H]3O[C@H](CO)[C@@H](O)[C@H](O[C@H]4O[C@H](CO)[C@@H](O)[C@H](O)[C@@H]4O)[C@@H]3O)[C@@H](O)[C@H](O[C@@H]3O[C@@H](CO)[C@H](O)[C@@H](O)[C@H]3O[C@@H]3O[C@@H](CO)[C@H](O)[C@@H](O)[C@H]3O[C@@H]3O[C@@H](CO)[C@H](O)[C@@H](O)[C@H]3O)[C@@H]2O)[C@H](CO)O[C@@H]1O. The smallest absolute Gasteiger partial charge is 0.217 e. The molecule has 0 aromatic heterocycles. The molecule has 7 aliphatic heterocycles. The molecule has 7 rings (SSSR count). The van der Waals surface area contributed by atoms with Gasteiger partial charge in [0, 0.05) is 6.92 Å².